The summed E-state index contributed by atoms with van der Waals surface area (Å²) in [5, 5.41) is 12.1. The van der Waals surface area contributed by atoms with E-state index in [0.717, 1.165) is 12.0 Å². The number of alkyl halides is 2. The number of carbonyl (C=O) groups is 4. The molecule has 3 fully saturated rings. The number of carbonyl (C=O) groups excluding carboxylic acids is 3. The lowest BCUT2D eigenvalue weighted by molar-refractivity contribution is -0.123. The summed E-state index contributed by atoms with van der Waals surface area (Å²) in [6, 6.07) is 11.0. The van der Waals surface area contributed by atoms with Gasteiger partial charge in [0.25, 0.3) is 5.91 Å². The largest absolute Gasteiger partial charge is 0.478 e. The van der Waals surface area contributed by atoms with Gasteiger partial charge >= 0.3 is 5.97 Å². The fraction of sp³-hybridized carbons (Fsp3) is 0.333. The number of rotatable bonds is 4. The zero-order chi connectivity index (χ0) is 23.6. The number of aromatic carboxylic acids is 1. The van der Waals surface area contributed by atoms with Crippen molar-refractivity contribution in [3.8, 4) is 0 Å². The maximum Gasteiger partial charge on any atom is 0.337 e. The lowest BCUT2D eigenvalue weighted by Gasteiger charge is -2.28. The second-order valence-corrected chi connectivity index (χ2v) is 11.0. The van der Waals surface area contributed by atoms with Crippen molar-refractivity contribution < 1.29 is 24.3 Å². The molecule has 0 unspecified atom stereocenters. The highest BCUT2D eigenvalue weighted by atomic mass is 79.9. The number of imide groups is 1. The van der Waals surface area contributed by atoms with E-state index in [1.807, 2.05) is 0 Å². The van der Waals surface area contributed by atoms with Crippen LogP contribution in [0.5, 0.6) is 0 Å². The van der Waals surface area contributed by atoms with Gasteiger partial charge in [-0.2, -0.15) is 0 Å². The third kappa shape index (κ3) is 3.44. The maximum atomic E-state index is 13.3. The number of carboxylic acid groups (broad SMARTS) is 1. The average Bonchev–Trinajstić information content (AvgIpc) is 3.38. The van der Waals surface area contributed by atoms with E-state index in [9.17, 15) is 24.3 Å². The van der Waals surface area contributed by atoms with Crippen molar-refractivity contribution in [3.05, 3.63) is 59.2 Å². The number of nitrogens with one attached hydrogen (secondary N) is 1. The van der Waals surface area contributed by atoms with Crippen molar-refractivity contribution in [1.29, 1.82) is 0 Å². The highest BCUT2D eigenvalue weighted by Gasteiger charge is 2.66. The second-order valence-electron chi connectivity index (χ2n) is 8.87. The van der Waals surface area contributed by atoms with E-state index in [4.69, 9.17) is 0 Å². The van der Waals surface area contributed by atoms with E-state index < -0.39 is 11.9 Å². The first-order chi connectivity index (χ1) is 15.7. The summed E-state index contributed by atoms with van der Waals surface area (Å²) in [4.78, 5) is 52.5. The predicted octanol–water partition coefficient (Wildman–Crippen LogP) is 4.23. The molecule has 7 nitrogen and oxygen atoms in total. The van der Waals surface area contributed by atoms with Crippen LogP contribution in [0.25, 0.3) is 0 Å². The van der Waals surface area contributed by atoms with Crippen molar-refractivity contribution in [2.45, 2.75) is 23.0 Å². The number of amides is 3. The van der Waals surface area contributed by atoms with Crippen molar-refractivity contribution in [2.75, 3.05) is 10.2 Å². The number of benzene rings is 2. The Bertz CT molecular complexity index is 1180. The number of carboxylic acids is 1. The molecule has 3 amide bonds. The third-order valence-corrected chi connectivity index (χ3v) is 10.2. The summed E-state index contributed by atoms with van der Waals surface area (Å²) < 4.78 is 0. The predicted molar refractivity (Wildman–Crippen MR) is 129 cm³/mol. The van der Waals surface area contributed by atoms with Crippen LogP contribution in [0.3, 0.4) is 0 Å². The van der Waals surface area contributed by atoms with Crippen LogP contribution < -0.4 is 10.2 Å². The normalized spacial score (nSPS) is 30.0. The van der Waals surface area contributed by atoms with Crippen LogP contribution in [-0.2, 0) is 9.59 Å². The molecule has 2 N–H and O–H groups in total. The van der Waals surface area contributed by atoms with Gasteiger partial charge in [-0.25, -0.2) is 4.79 Å². The summed E-state index contributed by atoms with van der Waals surface area (Å²) in [6.45, 7) is 1.80. The van der Waals surface area contributed by atoms with Gasteiger partial charge in [0.1, 0.15) is 0 Å². The molecule has 2 bridgehead atoms. The minimum atomic E-state index is -1.15. The highest BCUT2D eigenvalue weighted by molar-refractivity contribution is 9.12. The van der Waals surface area contributed by atoms with Gasteiger partial charge < -0.3 is 10.4 Å². The topological polar surface area (TPSA) is 104 Å². The maximum absolute atomic E-state index is 13.3. The molecule has 0 radical (unpaired) electrons. The van der Waals surface area contributed by atoms with E-state index >= 15 is 0 Å². The molecule has 170 valence electrons. The molecule has 2 saturated carbocycles. The Hall–Kier alpha value is -2.52. The smallest absolute Gasteiger partial charge is 0.337 e. The number of halogens is 2. The molecule has 0 aromatic heterocycles. The van der Waals surface area contributed by atoms with E-state index in [0.29, 0.717) is 5.69 Å². The molecule has 3 aliphatic rings. The van der Waals surface area contributed by atoms with Gasteiger partial charge in [0, 0.05) is 15.2 Å². The molecule has 9 heteroatoms. The highest BCUT2D eigenvalue weighted by Crippen LogP contribution is 2.60. The Morgan fingerprint density at radius 1 is 1.00 bits per heavy atom. The minimum Gasteiger partial charge on any atom is -0.478 e. The Kier molecular flexibility index (Phi) is 5.44. The zero-order valence-corrected chi connectivity index (χ0v) is 20.7. The van der Waals surface area contributed by atoms with Crippen LogP contribution in [0.4, 0.5) is 11.4 Å². The lowest BCUT2D eigenvalue weighted by Crippen LogP contribution is -2.37. The summed E-state index contributed by atoms with van der Waals surface area (Å²) in [5.41, 5.74) is 1.54. The summed E-state index contributed by atoms with van der Waals surface area (Å²) in [7, 11) is 0. The summed E-state index contributed by atoms with van der Waals surface area (Å²) >= 11 is 7.36. The second kappa shape index (κ2) is 8.06. The first kappa shape index (κ1) is 22.3. The van der Waals surface area contributed by atoms with Crippen LogP contribution in [0.15, 0.2) is 42.5 Å². The molecular weight excluding hydrogens is 556 g/mol. The molecule has 2 aromatic rings. The molecule has 33 heavy (non-hydrogen) atoms. The zero-order valence-electron chi connectivity index (χ0n) is 17.5. The van der Waals surface area contributed by atoms with Crippen molar-refractivity contribution in [1.82, 2.24) is 0 Å². The molecule has 1 heterocycles. The van der Waals surface area contributed by atoms with Gasteiger partial charge in [-0.15, -0.1) is 0 Å². The first-order valence-electron chi connectivity index (χ1n) is 10.6. The fourth-order valence-electron chi connectivity index (χ4n) is 5.53. The van der Waals surface area contributed by atoms with Gasteiger partial charge in [0.05, 0.1) is 28.8 Å². The van der Waals surface area contributed by atoms with Crippen LogP contribution in [-0.4, -0.2) is 38.5 Å². The number of aryl methyl sites for hydroxylation is 1. The van der Waals surface area contributed by atoms with Gasteiger partial charge in [0.15, 0.2) is 0 Å². The monoisotopic (exact) mass is 574 g/mol. The standard InChI is InChI=1S/C24H20Br2N2O5/c1-10-5-6-13(24(32)33)16(7-10)27-21(29)11-3-2-4-12(8-11)28-22(30)17-14-9-15(18(17)23(28)31)20(26)19(14)25/h2-8,14-15,17-20H,9H2,1H3,(H,27,29)(H,32,33)/t14-,15-,17-,18+,19-,20+/m1/s1. The lowest BCUT2D eigenvalue weighted by atomic mass is 9.81. The van der Waals surface area contributed by atoms with Gasteiger partial charge in [-0.1, -0.05) is 44.0 Å². The van der Waals surface area contributed by atoms with Crippen LogP contribution in [0, 0.1) is 30.6 Å². The summed E-state index contributed by atoms with van der Waals surface area (Å²) in [5.74, 6) is -2.58. The molecule has 6 atom stereocenters. The average molecular weight is 576 g/mol. The van der Waals surface area contributed by atoms with Crippen molar-refractivity contribution in [2.24, 2.45) is 23.7 Å². The third-order valence-electron chi connectivity index (χ3n) is 7.01. The number of hydrogen-bond donors (Lipinski definition) is 2. The number of hydrogen-bond acceptors (Lipinski definition) is 4. The van der Waals surface area contributed by atoms with Crippen LogP contribution in [0.1, 0.15) is 32.7 Å². The van der Waals surface area contributed by atoms with E-state index in [-0.39, 0.29) is 62.0 Å². The first-order valence-corrected chi connectivity index (χ1v) is 12.4. The van der Waals surface area contributed by atoms with E-state index in [1.165, 1.54) is 17.0 Å². The molecule has 1 saturated heterocycles. The Balaban J connectivity index is 1.42. The van der Waals surface area contributed by atoms with Gasteiger partial charge in [0.2, 0.25) is 11.8 Å². The molecule has 1 aliphatic heterocycles. The van der Waals surface area contributed by atoms with Crippen LogP contribution >= 0.6 is 31.9 Å². The van der Waals surface area contributed by atoms with Crippen molar-refractivity contribution >= 4 is 66.9 Å². The van der Waals surface area contributed by atoms with Gasteiger partial charge in [-0.05, 0) is 61.1 Å². The molecule has 2 aliphatic carbocycles. The summed E-state index contributed by atoms with van der Waals surface area (Å²) in [6.07, 6.45) is 0.845. The van der Waals surface area contributed by atoms with Crippen molar-refractivity contribution in [3.63, 3.8) is 0 Å². The Morgan fingerprint density at radius 2 is 1.64 bits per heavy atom. The van der Waals surface area contributed by atoms with E-state index in [2.05, 4.69) is 37.2 Å². The molecular formula is C24H20Br2N2O5. The molecule has 2 aromatic carbocycles. The minimum absolute atomic E-state index is 0.0213. The Morgan fingerprint density at radius 3 is 2.24 bits per heavy atom. The number of fused-ring (bicyclic) bond motifs is 5. The number of nitrogens with zero attached hydrogens (tertiary/aromatic N) is 1. The quantitative estimate of drug-likeness (QED) is 0.419. The van der Waals surface area contributed by atoms with Gasteiger partial charge in [-0.3, -0.25) is 19.3 Å². The SMILES string of the molecule is Cc1ccc(C(=O)O)c(NC(=O)c2cccc(N3C(=O)[C@@H]4[C@H]5C[C@@H]([C@H](Br)[C@@H]5Br)[C@@H]4C3=O)c2)c1. The number of anilines is 2. The van der Waals surface area contributed by atoms with E-state index in [1.54, 1.807) is 37.3 Å². The molecule has 0 spiro atoms. The van der Waals surface area contributed by atoms with Crippen LogP contribution in [0.2, 0.25) is 0 Å². The molecule has 5 rings (SSSR count). The Labute approximate surface area is 206 Å². The fourth-order valence-corrected chi connectivity index (χ4v) is 7.41.